The molecule has 6 nitrogen and oxygen atoms in total. The summed E-state index contributed by atoms with van der Waals surface area (Å²) in [6, 6.07) is 0. The number of rotatable bonds is 3. The third-order valence-electron chi connectivity index (χ3n) is 1.70. The van der Waals surface area contributed by atoms with E-state index in [1.165, 1.54) is 6.33 Å². The summed E-state index contributed by atoms with van der Waals surface area (Å²) in [7, 11) is -3.31. The van der Waals surface area contributed by atoms with E-state index in [9.17, 15) is 8.42 Å². The van der Waals surface area contributed by atoms with E-state index in [-0.39, 0.29) is 6.54 Å². The fraction of sp³-hybridized carbons (Fsp3) is 0.714. The first-order valence-electron chi connectivity index (χ1n) is 4.16. The normalized spacial score (nSPS) is 13.1. The van der Waals surface area contributed by atoms with Crippen molar-refractivity contribution in [2.45, 2.75) is 32.1 Å². The van der Waals surface area contributed by atoms with Crippen LogP contribution in [0.4, 0.5) is 0 Å². The molecule has 7 heteroatoms. The highest BCUT2D eigenvalue weighted by Crippen LogP contribution is 2.12. The molecule has 2 N–H and O–H groups in total. The summed E-state index contributed by atoms with van der Waals surface area (Å²) >= 11 is 0. The van der Waals surface area contributed by atoms with Crippen LogP contribution in [0, 0.1) is 0 Å². The first-order chi connectivity index (χ1) is 6.33. The van der Waals surface area contributed by atoms with Gasteiger partial charge in [0.2, 0.25) is 10.0 Å². The van der Waals surface area contributed by atoms with E-state index in [2.05, 4.69) is 19.9 Å². The molecule has 0 radical (unpaired) electrons. The number of aromatic amines is 1. The zero-order chi connectivity index (χ0) is 10.8. The predicted molar refractivity (Wildman–Crippen MR) is 51.9 cm³/mol. The number of H-pyrrole nitrogens is 1. The van der Waals surface area contributed by atoms with Crippen molar-refractivity contribution < 1.29 is 8.42 Å². The average molecular weight is 218 g/mol. The molecule has 0 aliphatic carbocycles. The van der Waals surface area contributed by atoms with Crippen LogP contribution in [0.3, 0.4) is 0 Å². The third kappa shape index (κ3) is 2.52. The molecule has 0 spiro atoms. The van der Waals surface area contributed by atoms with Gasteiger partial charge in [0, 0.05) is 0 Å². The fourth-order valence-electron chi connectivity index (χ4n) is 0.696. The summed E-state index contributed by atoms with van der Waals surface area (Å²) in [6.07, 6.45) is 1.33. The molecule has 0 atom stereocenters. The van der Waals surface area contributed by atoms with Crippen molar-refractivity contribution in [1.82, 2.24) is 19.9 Å². The fourth-order valence-corrected chi connectivity index (χ4v) is 1.46. The summed E-state index contributed by atoms with van der Waals surface area (Å²) < 4.78 is 24.8. The molecule has 0 saturated heterocycles. The molecule has 1 aromatic heterocycles. The molecular formula is C7H14N4O2S. The number of nitrogens with one attached hydrogen (secondary N) is 2. The molecule has 0 aliphatic heterocycles. The Hall–Kier alpha value is -0.950. The maximum atomic E-state index is 11.6. The second-order valence-electron chi connectivity index (χ2n) is 3.87. The first kappa shape index (κ1) is 11.1. The summed E-state index contributed by atoms with van der Waals surface area (Å²) in [5.41, 5.74) is 0. The Morgan fingerprint density at radius 1 is 1.50 bits per heavy atom. The molecule has 0 amide bonds. The van der Waals surface area contributed by atoms with E-state index in [0.717, 1.165) is 0 Å². The van der Waals surface area contributed by atoms with Gasteiger partial charge in [0.15, 0.2) is 0 Å². The Labute approximate surface area is 83.2 Å². The minimum atomic E-state index is -3.31. The van der Waals surface area contributed by atoms with Crippen LogP contribution in [0.5, 0.6) is 0 Å². The molecular weight excluding hydrogens is 204 g/mol. The molecule has 0 aromatic carbocycles. The molecule has 1 rings (SSSR count). The van der Waals surface area contributed by atoms with Crippen LogP contribution in [0.2, 0.25) is 0 Å². The lowest BCUT2D eigenvalue weighted by Gasteiger charge is -2.18. The predicted octanol–water partition coefficient (Wildman–Crippen LogP) is 0.0226. The second kappa shape index (κ2) is 3.66. The zero-order valence-electron chi connectivity index (χ0n) is 8.40. The summed E-state index contributed by atoms with van der Waals surface area (Å²) in [5.74, 6) is 0.498. The topological polar surface area (TPSA) is 87.7 Å². The van der Waals surface area contributed by atoms with E-state index in [0.29, 0.717) is 5.82 Å². The Kier molecular flexibility index (Phi) is 2.91. The smallest absolute Gasteiger partial charge is 0.216 e. The van der Waals surface area contributed by atoms with Gasteiger partial charge in [-0.05, 0) is 20.8 Å². The van der Waals surface area contributed by atoms with Gasteiger partial charge in [-0.1, -0.05) is 0 Å². The molecule has 1 aromatic rings. The van der Waals surface area contributed by atoms with Gasteiger partial charge in [0.1, 0.15) is 12.2 Å². The Morgan fingerprint density at radius 2 is 2.14 bits per heavy atom. The van der Waals surface area contributed by atoms with Crippen LogP contribution in [0.25, 0.3) is 0 Å². The summed E-state index contributed by atoms with van der Waals surface area (Å²) in [6.45, 7) is 5.04. The highest BCUT2D eigenvalue weighted by molar-refractivity contribution is 7.90. The van der Waals surface area contributed by atoms with Crippen molar-refractivity contribution >= 4 is 10.0 Å². The minimum absolute atomic E-state index is 0.138. The van der Waals surface area contributed by atoms with Gasteiger partial charge in [0.25, 0.3) is 0 Å². The number of hydrogen-bond acceptors (Lipinski definition) is 4. The minimum Gasteiger partial charge on any atom is -0.262 e. The Bertz CT molecular complexity index is 376. The van der Waals surface area contributed by atoms with Gasteiger partial charge >= 0.3 is 0 Å². The molecule has 1 heterocycles. The van der Waals surface area contributed by atoms with Crippen LogP contribution < -0.4 is 4.72 Å². The van der Waals surface area contributed by atoms with Crippen molar-refractivity contribution in [2.75, 3.05) is 0 Å². The van der Waals surface area contributed by atoms with Gasteiger partial charge < -0.3 is 0 Å². The third-order valence-corrected chi connectivity index (χ3v) is 3.84. The number of hydrogen-bond donors (Lipinski definition) is 2. The largest absolute Gasteiger partial charge is 0.262 e. The van der Waals surface area contributed by atoms with Gasteiger partial charge in [-0.15, -0.1) is 0 Å². The Balaban J connectivity index is 2.63. The van der Waals surface area contributed by atoms with Crippen LogP contribution >= 0.6 is 0 Å². The molecule has 80 valence electrons. The molecule has 14 heavy (non-hydrogen) atoms. The summed E-state index contributed by atoms with van der Waals surface area (Å²) in [4.78, 5) is 3.81. The lowest BCUT2D eigenvalue weighted by Crippen LogP contribution is -2.39. The molecule has 0 saturated carbocycles. The van der Waals surface area contributed by atoms with Crippen LogP contribution in [0.15, 0.2) is 6.33 Å². The van der Waals surface area contributed by atoms with E-state index < -0.39 is 14.8 Å². The van der Waals surface area contributed by atoms with Crippen molar-refractivity contribution in [1.29, 1.82) is 0 Å². The van der Waals surface area contributed by atoms with Crippen LogP contribution in [-0.2, 0) is 16.6 Å². The van der Waals surface area contributed by atoms with Gasteiger partial charge in [-0.25, -0.2) is 18.1 Å². The standard InChI is InChI=1S/C7H14N4O2S/c1-7(2,3)14(12,13)10-4-6-8-5-9-11-6/h5,10H,4H2,1-3H3,(H,8,9,11). The molecule has 0 aliphatic rings. The number of aromatic nitrogens is 3. The van der Waals surface area contributed by atoms with Crippen molar-refractivity contribution in [3.05, 3.63) is 12.2 Å². The number of nitrogens with zero attached hydrogens (tertiary/aromatic N) is 2. The highest BCUT2D eigenvalue weighted by Gasteiger charge is 2.28. The maximum absolute atomic E-state index is 11.6. The van der Waals surface area contributed by atoms with E-state index >= 15 is 0 Å². The molecule has 0 unspecified atom stereocenters. The number of sulfonamides is 1. The molecule has 0 fully saturated rings. The van der Waals surface area contributed by atoms with Crippen molar-refractivity contribution in [3.63, 3.8) is 0 Å². The summed E-state index contributed by atoms with van der Waals surface area (Å²) in [5, 5.41) is 6.19. The van der Waals surface area contributed by atoms with E-state index in [1.807, 2.05) is 0 Å². The highest BCUT2D eigenvalue weighted by atomic mass is 32.2. The maximum Gasteiger partial charge on any atom is 0.216 e. The molecule has 0 bridgehead atoms. The lowest BCUT2D eigenvalue weighted by atomic mass is 10.3. The van der Waals surface area contributed by atoms with Crippen LogP contribution in [-0.4, -0.2) is 28.3 Å². The van der Waals surface area contributed by atoms with E-state index in [4.69, 9.17) is 0 Å². The van der Waals surface area contributed by atoms with Gasteiger partial charge in [-0.2, -0.15) is 5.10 Å². The van der Waals surface area contributed by atoms with Crippen molar-refractivity contribution in [3.8, 4) is 0 Å². The Morgan fingerprint density at radius 3 is 2.57 bits per heavy atom. The van der Waals surface area contributed by atoms with Gasteiger partial charge in [0.05, 0.1) is 11.3 Å². The monoisotopic (exact) mass is 218 g/mol. The SMILES string of the molecule is CC(C)(C)S(=O)(=O)NCc1ncn[nH]1. The van der Waals surface area contributed by atoms with Crippen LogP contribution in [0.1, 0.15) is 26.6 Å². The second-order valence-corrected chi connectivity index (χ2v) is 6.39. The lowest BCUT2D eigenvalue weighted by molar-refractivity contribution is 0.543. The van der Waals surface area contributed by atoms with Gasteiger partial charge in [-0.3, -0.25) is 5.10 Å². The zero-order valence-corrected chi connectivity index (χ0v) is 9.22. The van der Waals surface area contributed by atoms with Crippen molar-refractivity contribution in [2.24, 2.45) is 0 Å². The van der Waals surface area contributed by atoms with E-state index in [1.54, 1.807) is 20.8 Å². The average Bonchev–Trinajstić information content (AvgIpc) is 2.50. The first-order valence-corrected chi connectivity index (χ1v) is 5.65. The quantitative estimate of drug-likeness (QED) is 0.748.